The molecule has 1 aromatic carbocycles. The van der Waals surface area contributed by atoms with Crippen LogP contribution in [0.25, 0.3) is 0 Å². The summed E-state index contributed by atoms with van der Waals surface area (Å²) in [6.45, 7) is 17.0. The molecule has 0 bridgehead atoms. The Bertz CT molecular complexity index is 935. The van der Waals surface area contributed by atoms with Crippen LogP contribution in [-0.4, -0.2) is 63.4 Å². The highest BCUT2D eigenvalue weighted by atomic mass is 32.2. The van der Waals surface area contributed by atoms with Gasteiger partial charge in [0, 0.05) is 26.2 Å². The van der Waals surface area contributed by atoms with Crippen molar-refractivity contribution in [3.8, 4) is 0 Å². The number of halogens is 3. The predicted molar refractivity (Wildman–Crippen MR) is 132 cm³/mol. The second-order valence-corrected chi connectivity index (χ2v) is 11.4. The van der Waals surface area contributed by atoms with Gasteiger partial charge in [0.2, 0.25) is 0 Å². The van der Waals surface area contributed by atoms with Crippen LogP contribution in [0.4, 0.5) is 13.2 Å². The second-order valence-electron chi connectivity index (χ2n) is 9.84. The predicted octanol–water partition coefficient (Wildman–Crippen LogP) is 3.51. The monoisotopic (exact) mass is 536 g/mol. The Morgan fingerprint density at radius 3 is 1.47 bits per heavy atom. The topological polar surface area (TPSA) is 116 Å². The van der Waals surface area contributed by atoms with Gasteiger partial charge in [-0.2, -0.15) is 22.8 Å². The Balaban J connectivity index is 0.000000281. The molecular weight excluding hydrogens is 497 g/mol. The molecule has 2 heterocycles. The average Bonchev–Trinajstić information content (AvgIpc) is 3.49. The van der Waals surface area contributed by atoms with Gasteiger partial charge in [0.15, 0.2) is 0 Å². The summed E-state index contributed by atoms with van der Waals surface area (Å²) in [6, 6.07) is 6.11. The van der Waals surface area contributed by atoms with Crippen molar-refractivity contribution in [1.29, 1.82) is 0 Å². The normalized spacial score (nSPS) is 20.4. The lowest BCUT2D eigenvalue weighted by molar-refractivity contribution is -0.271. The van der Waals surface area contributed by atoms with Crippen molar-refractivity contribution in [1.82, 2.24) is 21.3 Å². The first-order valence-electron chi connectivity index (χ1n) is 12.1. The third kappa shape index (κ3) is 7.01. The largest absolute Gasteiger partial charge is 0.537 e. The molecular formula is C23H39F3N6O3S. The lowest BCUT2D eigenvalue weighted by Gasteiger charge is -2.43. The van der Waals surface area contributed by atoms with Crippen molar-refractivity contribution in [2.75, 3.05) is 26.2 Å². The maximum atomic E-state index is 11.6. The summed E-state index contributed by atoms with van der Waals surface area (Å²) in [5.74, 6) is 0. The van der Waals surface area contributed by atoms with Crippen LogP contribution in [0.15, 0.2) is 45.5 Å². The summed E-state index contributed by atoms with van der Waals surface area (Å²) < 4.78 is 59.7. The first kappa shape index (κ1) is 30.6. The van der Waals surface area contributed by atoms with Crippen LogP contribution < -0.4 is 21.3 Å². The number of hydrogen-bond acceptors (Lipinski definition) is 9. The molecule has 0 aliphatic carbocycles. The van der Waals surface area contributed by atoms with Crippen LogP contribution in [0.2, 0.25) is 0 Å². The molecule has 0 atom stereocenters. The van der Waals surface area contributed by atoms with Crippen molar-refractivity contribution < 1.29 is 25.8 Å². The van der Waals surface area contributed by atoms with E-state index in [2.05, 4.69) is 67.0 Å². The molecule has 13 heteroatoms. The van der Waals surface area contributed by atoms with E-state index in [1.807, 2.05) is 0 Å². The van der Waals surface area contributed by atoms with Gasteiger partial charge in [-0.15, -0.1) is 13.2 Å². The van der Waals surface area contributed by atoms with Gasteiger partial charge in [-0.3, -0.25) is 21.3 Å². The van der Waals surface area contributed by atoms with Crippen molar-refractivity contribution in [3.63, 3.8) is 0 Å². The highest BCUT2D eigenvalue weighted by Gasteiger charge is 2.49. The SMILES string of the molecule is CCC1(C(C)(C)N=NC(C)(C)C2(CC)NCCN2)NCCN1.O=S(=O)(OC(F)(F)F)c1ccccc1. The molecule has 2 saturated heterocycles. The Hall–Kier alpha value is -1.64. The van der Waals surface area contributed by atoms with Gasteiger partial charge in [0.25, 0.3) is 0 Å². The van der Waals surface area contributed by atoms with E-state index in [4.69, 9.17) is 10.2 Å². The molecule has 2 fully saturated rings. The van der Waals surface area contributed by atoms with Gasteiger partial charge in [-0.05, 0) is 52.7 Å². The lowest BCUT2D eigenvalue weighted by Crippen LogP contribution is -2.64. The van der Waals surface area contributed by atoms with Gasteiger partial charge >= 0.3 is 16.5 Å². The lowest BCUT2D eigenvalue weighted by atomic mass is 9.85. The maximum absolute atomic E-state index is 11.6. The molecule has 2 aliphatic heterocycles. The van der Waals surface area contributed by atoms with Crippen LogP contribution in [0, 0.1) is 0 Å². The quantitative estimate of drug-likeness (QED) is 0.297. The molecule has 4 N–H and O–H groups in total. The summed E-state index contributed by atoms with van der Waals surface area (Å²) in [5, 5.41) is 24.0. The number of alkyl halides is 3. The van der Waals surface area contributed by atoms with E-state index < -0.39 is 21.4 Å². The van der Waals surface area contributed by atoms with Crippen LogP contribution in [0.5, 0.6) is 0 Å². The van der Waals surface area contributed by atoms with E-state index in [9.17, 15) is 21.6 Å². The zero-order valence-corrected chi connectivity index (χ0v) is 22.6. The molecule has 3 rings (SSSR count). The fraction of sp³-hybridized carbons (Fsp3) is 0.739. The molecule has 206 valence electrons. The van der Waals surface area contributed by atoms with Crippen LogP contribution in [-0.2, 0) is 14.3 Å². The van der Waals surface area contributed by atoms with Gasteiger partial charge in [-0.25, -0.2) is 0 Å². The summed E-state index contributed by atoms with van der Waals surface area (Å²) in [6.07, 6.45) is -3.24. The van der Waals surface area contributed by atoms with Gasteiger partial charge in [0.1, 0.15) is 11.1 Å². The summed E-state index contributed by atoms with van der Waals surface area (Å²) in [4.78, 5) is -0.530. The molecule has 0 unspecified atom stereocenters. The Morgan fingerprint density at radius 1 is 0.806 bits per heavy atom. The Labute approximate surface area is 212 Å². The van der Waals surface area contributed by atoms with Gasteiger partial charge in [0.05, 0.1) is 16.2 Å². The zero-order valence-electron chi connectivity index (χ0n) is 21.8. The van der Waals surface area contributed by atoms with Crippen LogP contribution in [0.1, 0.15) is 54.4 Å². The number of benzene rings is 1. The third-order valence-electron chi connectivity index (χ3n) is 6.89. The smallest absolute Gasteiger partial charge is 0.296 e. The second kappa shape index (κ2) is 11.4. The summed E-state index contributed by atoms with van der Waals surface area (Å²) >= 11 is 0. The van der Waals surface area contributed by atoms with E-state index in [0.717, 1.165) is 51.2 Å². The minimum Gasteiger partial charge on any atom is -0.296 e. The fourth-order valence-corrected chi connectivity index (χ4v) is 5.47. The van der Waals surface area contributed by atoms with Gasteiger partial charge in [-0.1, -0.05) is 32.0 Å². The summed E-state index contributed by atoms with van der Waals surface area (Å²) in [7, 11) is -4.74. The van der Waals surface area contributed by atoms with E-state index in [-0.39, 0.29) is 22.4 Å². The van der Waals surface area contributed by atoms with Crippen molar-refractivity contribution >= 4 is 10.1 Å². The maximum Gasteiger partial charge on any atom is 0.537 e. The molecule has 36 heavy (non-hydrogen) atoms. The summed E-state index contributed by atoms with van der Waals surface area (Å²) in [5.41, 5.74) is -0.933. The molecule has 0 radical (unpaired) electrons. The van der Waals surface area contributed by atoms with E-state index in [0.29, 0.717) is 0 Å². The minimum atomic E-state index is -5.20. The van der Waals surface area contributed by atoms with E-state index in [1.165, 1.54) is 18.2 Å². The first-order chi connectivity index (χ1) is 16.6. The number of nitrogens with one attached hydrogen (secondary N) is 4. The van der Waals surface area contributed by atoms with Gasteiger partial charge < -0.3 is 0 Å². The van der Waals surface area contributed by atoms with Crippen molar-refractivity contribution in [2.45, 2.75) is 88.0 Å². The highest BCUT2D eigenvalue weighted by Crippen LogP contribution is 2.34. The Morgan fingerprint density at radius 2 is 1.17 bits per heavy atom. The van der Waals surface area contributed by atoms with Crippen LogP contribution >= 0.6 is 0 Å². The van der Waals surface area contributed by atoms with E-state index >= 15 is 0 Å². The molecule has 0 aromatic heterocycles. The van der Waals surface area contributed by atoms with Crippen LogP contribution in [0.3, 0.4) is 0 Å². The molecule has 0 amide bonds. The average molecular weight is 537 g/mol. The molecule has 9 nitrogen and oxygen atoms in total. The molecule has 1 aromatic rings. The molecule has 0 spiro atoms. The number of nitrogens with zero attached hydrogens (tertiary/aromatic N) is 2. The molecule has 0 saturated carbocycles. The highest BCUT2D eigenvalue weighted by molar-refractivity contribution is 7.86. The fourth-order valence-electron chi connectivity index (χ4n) is 4.64. The minimum absolute atomic E-state index is 0.164. The number of hydrogen-bond donors (Lipinski definition) is 4. The standard InChI is InChI=1S/C16H34N6.C7H5F3O3S/c1-7-15(17-9-10-18-15)13(3,4)21-22-14(5,6)16(8-2)19-11-12-20-16;8-7(9,10)13-14(11,12)6-4-2-1-3-5-6/h17-20H,7-12H2,1-6H3;1-5H. The first-order valence-corrected chi connectivity index (χ1v) is 13.5. The molecule has 2 aliphatic rings. The Kier molecular flexibility index (Phi) is 9.68. The van der Waals surface area contributed by atoms with E-state index in [1.54, 1.807) is 0 Å². The van der Waals surface area contributed by atoms with Crippen molar-refractivity contribution in [2.24, 2.45) is 10.2 Å². The number of azo groups is 1. The van der Waals surface area contributed by atoms with Crippen molar-refractivity contribution in [3.05, 3.63) is 30.3 Å². The third-order valence-corrected chi connectivity index (χ3v) is 8.15. The number of rotatable bonds is 8. The zero-order chi connectivity index (χ0) is 27.3.